The number of carbonyl (C=O) groups excluding carboxylic acids is 1. The summed E-state index contributed by atoms with van der Waals surface area (Å²) in [6.07, 6.45) is 1.46. The predicted molar refractivity (Wildman–Crippen MR) is 90.7 cm³/mol. The van der Waals surface area contributed by atoms with E-state index in [1.165, 1.54) is 0 Å². The van der Waals surface area contributed by atoms with Gasteiger partial charge >= 0.3 is 0 Å². The third-order valence-corrected chi connectivity index (χ3v) is 5.45. The topological polar surface area (TPSA) is 34.1 Å². The summed E-state index contributed by atoms with van der Waals surface area (Å²) in [6, 6.07) is 3.95. The number of hydrogen-bond acceptors (Lipinski definition) is 2. The minimum absolute atomic E-state index is 0.176. The molecule has 1 aromatic rings. The van der Waals surface area contributed by atoms with Gasteiger partial charge in [0.1, 0.15) is 7.80 Å². The monoisotopic (exact) mass is 307 g/mol. The Bertz CT molecular complexity index is 553. The SMILES string of the molecule is Cc1ccc(C)c(C(=O)[P](=O)CC(C)CC(C)(C)C)c1C. The third kappa shape index (κ3) is 5.04. The maximum Gasteiger partial charge on any atom is 0.242 e. The Labute approximate surface area is 130 Å². The van der Waals surface area contributed by atoms with Gasteiger partial charge in [-0.25, -0.2) is 0 Å². The fourth-order valence-corrected chi connectivity index (χ4v) is 4.34. The van der Waals surface area contributed by atoms with Crippen molar-refractivity contribution >= 4 is 13.3 Å². The summed E-state index contributed by atoms with van der Waals surface area (Å²) in [6.45, 7) is 14.5. The molecule has 0 aliphatic rings. The highest BCUT2D eigenvalue weighted by Gasteiger charge is 2.24. The van der Waals surface area contributed by atoms with E-state index in [1.54, 1.807) is 0 Å². The first-order valence-corrected chi connectivity index (χ1v) is 9.03. The Morgan fingerprint density at radius 2 is 1.67 bits per heavy atom. The lowest BCUT2D eigenvalue weighted by Gasteiger charge is -2.22. The molecule has 0 saturated carbocycles. The van der Waals surface area contributed by atoms with E-state index >= 15 is 0 Å². The van der Waals surface area contributed by atoms with Gasteiger partial charge in [0.05, 0.1) is 0 Å². The molecule has 2 nitrogen and oxygen atoms in total. The minimum Gasteiger partial charge on any atom is -0.281 e. The molecule has 0 aromatic heterocycles. The average molecular weight is 307 g/mol. The summed E-state index contributed by atoms with van der Waals surface area (Å²) in [5.41, 5.74) is 3.66. The first-order valence-electron chi connectivity index (χ1n) is 7.58. The largest absolute Gasteiger partial charge is 0.281 e. The van der Waals surface area contributed by atoms with Crippen LogP contribution in [0.25, 0.3) is 0 Å². The van der Waals surface area contributed by atoms with Crippen molar-refractivity contribution < 1.29 is 9.36 Å². The van der Waals surface area contributed by atoms with Crippen molar-refractivity contribution in [1.29, 1.82) is 0 Å². The molecule has 3 heteroatoms. The molecule has 0 N–H and O–H groups in total. The first kappa shape index (κ1) is 18.0. The van der Waals surface area contributed by atoms with Crippen LogP contribution in [0.1, 0.15) is 61.2 Å². The standard InChI is InChI=1S/C18H28O2P/c1-12(10-18(5,6)7)11-21(20)17(19)16-14(3)9-8-13(2)15(16)4/h8-9,12H,10-11H2,1-7H3. The van der Waals surface area contributed by atoms with Gasteiger partial charge in [-0.1, -0.05) is 39.8 Å². The number of rotatable bonds is 5. The van der Waals surface area contributed by atoms with Crippen molar-refractivity contribution in [2.75, 3.05) is 6.16 Å². The van der Waals surface area contributed by atoms with Gasteiger partial charge in [0.2, 0.25) is 5.52 Å². The van der Waals surface area contributed by atoms with Crippen molar-refractivity contribution in [2.45, 2.75) is 54.9 Å². The van der Waals surface area contributed by atoms with Crippen LogP contribution in [0.5, 0.6) is 0 Å². The van der Waals surface area contributed by atoms with E-state index in [0.717, 1.165) is 23.1 Å². The van der Waals surface area contributed by atoms with E-state index in [0.29, 0.717) is 17.6 Å². The summed E-state index contributed by atoms with van der Waals surface area (Å²) in [4.78, 5) is 12.6. The highest BCUT2D eigenvalue weighted by Crippen LogP contribution is 2.36. The smallest absolute Gasteiger partial charge is 0.242 e. The van der Waals surface area contributed by atoms with Crippen LogP contribution in [-0.2, 0) is 4.57 Å². The molecule has 1 aromatic carbocycles. The van der Waals surface area contributed by atoms with Gasteiger partial charge in [-0.05, 0) is 55.2 Å². The molecular formula is C18H28O2P. The molecule has 2 unspecified atom stereocenters. The normalized spacial score (nSPS) is 14.0. The molecule has 0 fully saturated rings. The molecule has 117 valence electrons. The fraction of sp³-hybridized carbons (Fsp3) is 0.611. The first-order chi connectivity index (χ1) is 9.53. The van der Waals surface area contributed by atoms with Gasteiger partial charge in [-0.2, -0.15) is 0 Å². The van der Waals surface area contributed by atoms with Gasteiger partial charge in [0, 0.05) is 11.7 Å². The Kier molecular flexibility index (Phi) is 5.87. The molecule has 0 bridgehead atoms. The molecule has 0 spiro atoms. The van der Waals surface area contributed by atoms with Crippen molar-refractivity contribution in [3.05, 3.63) is 34.4 Å². The second-order valence-electron chi connectivity index (χ2n) is 7.44. The van der Waals surface area contributed by atoms with Crippen LogP contribution < -0.4 is 0 Å². The van der Waals surface area contributed by atoms with Gasteiger partial charge < -0.3 is 0 Å². The van der Waals surface area contributed by atoms with Crippen LogP contribution in [0, 0.1) is 32.1 Å². The second-order valence-corrected chi connectivity index (χ2v) is 8.96. The quantitative estimate of drug-likeness (QED) is 0.658. The zero-order valence-corrected chi connectivity index (χ0v) is 15.3. The maximum absolute atomic E-state index is 12.6. The van der Waals surface area contributed by atoms with E-state index in [1.807, 2.05) is 32.9 Å². The van der Waals surface area contributed by atoms with Gasteiger partial charge in [0.25, 0.3) is 0 Å². The van der Waals surface area contributed by atoms with Gasteiger partial charge in [-0.3, -0.25) is 9.36 Å². The summed E-state index contributed by atoms with van der Waals surface area (Å²) < 4.78 is 12.5. The molecule has 0 aliphatic heterocycles. The Morgan fingerprint density at radius 1 is 1.14 bits per heavy atom. The lowest BCUT2D eigenvalue weighted by atomic mass is 9.86. The number of hydrogen-bond donors (Lipinski definition) is 0. The molecule has 2 atom stereocenters. The van der Waals surface area contributed by atoms with E-state index in [4.69, 9.17) is 0 Å². The molecule has 0 amide bonds. The molecule has 21 heavy (non-hydrogen) atoms. The van der Waals surface area contributed by atoms with Gasteiger partial charge in [0.15, 0.2) is 0 Å². The van der Waals surface area contributed by atoms with Crippen LogP contribution >= 0.6 is 7.80 Å². The van der Waals surface area contributed by atoms with Crippen molar-refractivity contribution in [3.8, 4) is 0 Å². The molecule has 1 radical (unpaired) electrons. The minimum atomic E-state index is -1.84. The Morgan fingerprint density at radius 3 is 2.19 bits per heavy atom. The van der Waals surface area contributed by atoms with Crippen LogP contribution in [-0.4, -0.2) is 11.7 Å². The van der Waals surface area contributed by atoms with Crippen LogP contribution in [0.15, 0.2) is 12.1 Å². The molecule has 0 heterocycles. The summed E-state index contributed by atoms with van der Waals surface area (Å²) in [7, 11) is -1.84. The number of aryl methyl sites for hydroxylation is 2. The van der Waals surface area contributed by atoms with Crippen LogP contribution in [0.4, 0.5) is 0 Å². The predicted octanol–water partition coefficient (Wildman–Crippen LogP) is 5.65. The van der Waals surface area contributed by atoms with Crippen molar-refractivity contribution in [2.24, 2.45) is 11.3 Å². The average Bonchev–Trinajstić information content (AvgIpc) is 2.31. The number of carbonyl (C=O) groups is 1. The number of benzene rings is 1. The highest BCUT2D eigenvalue weighted by atomic mass is 31.1. The van der Waals surface area contributed by atoms with E-state index < -0.39 is 7.80 Å². The highest BCUT2D eigenvalue weighted by molar-refractivity contribution is 7.64. The van der Waals surface area contributed by atoms with Gasteiger partial charge in [-0.15, -0.1) is 0 Å². The fourth-order valence-electron chi connectivity index (χ4n) is 2.88. The van der Waals surface area contributed by atoms with Crippen molar-refractivity contribution in [3.63, 3.8) is 0 Å². The summed E-state index contributed by atoms with van der Waals surface area (Å²) >= 11 is 0. The lowest BCUT2D eigenvalue weighted by Crippen LogP contribution is -2.14. The third-order valence-electron chi connectivity index (χ3n) is 3.82. The summed E-state index contributed by atoms with van der Waals surface area (Å²) in [5.74, 6) is 0.294. The van der Waals surface area contributed by atoms with Crippen LogP contribution in [0.3, 0.4) is 0 Å². The lowest BCUT2D eigenvalue weighted by molar-refractivity contribution is 0.107. The Hall–Kier alpha value is -1.01. The maximum atomic E-state index is 12.6. The van der Waals surface area contributed by atoms with E-state index in [9.17, 15) is 9.36 Å². The Balaban J connectivity index is 2.90. The zero-order chi connectivity index (χ0) is 16.4. The summed E-state index contributed by atoms with van der Waals surface area (Å²) in [5, 5.41) is 0. The van der Waals surface area contributed by atoms with E-state index in [2.05, 4.69) is 27.7 Å². The van der Waals surface area contributed by atoms with Crippen LogP contribution in [0.2, 0.25) is 0 Å². The van der Waals surface area contributed by atoms with E-state index in [-0.39, 0.29) is 10.9 Å². The van der Waals surface area contributed by atoms with Crippen molar-refractivity contribution in [1.82, 2.24) is 0 Å². The molecule has 1 rings (SSSR count). The molecule has 0 saturated heterocycles. The second kappa shape index (κ2) is 6.83. The molecule has 0 aliphatic carbocycles. The molecular weight excluding hydrogens is 279 g/mol. The zero-order valence-electron chi connectivity index (χ0n) is 14.4.